The number of hydrogen-bond donors (Lipinski definition) is 2. The van der Waals surface area contributed by atoms with E-state index >= 15 is 0 Å². The lowest BCUT2D eigenvalue weighted by molar-refractivity contribution is -0.114. The van der Waals surface area contributed by atoms with Crippen molar-refractivity contribution < 1.29 is 14.3 Å². The molecular weight excluding hydrogens is 404 g/mol. The topological polar surface area (TPSA) is 109 Å². The van der Waals surface area contributed by atoms with Gasteiger partial charge in [-0.25, -0.2) is 24.6 Å². The number of benzene rings is 1. The van der Waals surface area contributed by atoms with Gasteiger partial charge < -0.3 is 15.4 Å². The molecule has 3 aromatic rings. The highest BCUT2D eigenvalue weighted by atomic mass is 32.1. The molecule has 0 radical (unpaired) electrons. The number of carbonyl (C=O) groups is 2. The zero-order valence-corrected chi connectivity index (χ0v) is 17.0. The summed E-state index contributed by atoms with van der Waals surface area (Å²) in [6.07, 6.45) is 3.08. The van der Waals surface area contributed by atoms with Gasteiger partial charge in [-0.1, -0.05) is 11.3 Å². The van der Waals surface area contributed by atoms with Crippen LogP contribution in [0.4, 0.5) is 27.2 Å². The monoisotopic (exact) mass is 422 g/mol. The Hall–Kier alpha value is -3.53. The molecule has 0 spiro atoms. The van der Waals surface area contributed by atoms with E-state index in [1.165, 1.54) is 18.3 Å². The van der Waals surface area contributed by atoms with Crippen LogP contribution in [0.3, 0.4) is 0 Å². The fourth-order valence-electron chi connectivity index (χ4n) is 3.45. The van der Waals surface area contributed by atoms with Crippen LogP contribution >= 0.6 is 11.3 Å². The van der Waals surface area contributed by atoms with Gasteiger partial charge in [0.1, 0.15) is 6.61 Å². The van der Waals surface area contributed by atoms with Crippen LogP contribution in [0.1, 0.15) is 18.2 Å². The van der Waals surface area contributed by atoms with E-state index < -0.39 is 0 Å². The summed E-state index contributed by atoms with van der Waals surface area (Å²) in [6.45, 7) is 2.37. The van der Waals surface area contributed by atoms with E-state index in [-0.39, 0.29) is 12.0 Å². The van der Waals surface area contributed by atoms with Crippen molar-refractivity contribution in [3.63, 3.8) is 0 Å². The number of hydrogen-bond acceptors (Lipinski definition) is 8. The number of thiazole rings is 1. The zero-order chi connectivity index (χ0) is 20.7. The number of carbonyl (C=O) groups excluding carboxylic acids is 2. The molecule has 2 N–H and O–H groups in total. The summed E-state index contributed by atoms with van der Waals surface area (Å²) >= 11 is 1.46. The van der Waals surface area contributed by atoms with Crippen molar-refractivity contribution in [2.75, 3.05) is 28.7 Å². The number of nitrogens with one attached hydrogen (secondary N) is 2. The molecule has 5 rings (SSSR count). The molecule has 9 nitrogen and oxygen atoms in total. The normalized spacial score (nSPS) is 14.7. The standard InChI is InChI=1S/C20H18N6O3S/c1-11(27)22-13-3-5-14(6-4-13)23-18-21-10-12-2-7-15-17(16(12)25-18)30-19(24-15)26-8-9-29-20(26)28/h3-6,10H,2,7-9H2,1H3,(H,22,27)(H,21,23,25). The van der Waals surface area contributed by atoms with Crippen LogP contribution < -0.4 is 15.5 Å². The molecule has 0 unspecified atom stereocenters. The van der Waals surface area contributed by atoms with E-state index in [0.717, 1.165) is 46.0 Å². The van der Waals surface area contributed by atoms with Gasteiger partial charge in [0.25, 0.3) is 0 Å². The molecule has 0 bridgehead atoms. The predicted octanol–water partition coefficient (Wildman–Crippen LogP) is 3.36. The van der Waals surface area contributed by atoms with Crippen molar-refractivity contribution in [1.82, 2.24) is 15.0 Å². The molecule has 1 aliphatic heterocycles. The van der Waals surface area contributed by atoms with Gasteiger partial charge in [0.05, 0.1) is 22.8 Å². The van der Waals surface area contributed by atoms with E-state index in [4.69, 9.17) is 9.72 Å². The molecule has 1 saturated heterocycles. The third-order valence-electron chi connectivity index (χ3n) is 4.85. The maximum Gasteiger partial charge on any atom is 0.416 e. The molecule has 0 atom stereocenters. The second-order valence-electron chi connectivity index (χ2n) is 6.99. The number of amides is 2. The van der Waals surface area contributed by atoms with Crippen LogP contribution in [0.2, 0.25) is 0 Å². The van der Waals surface area contributed by atoms with Crippen molar-refractivity contribution in [1.29, 1.82) is 0 Å². The lowest BCUT2D eigenvalue weighted by atomic mass is 10.00. The summed E-state index contributed by atoms with van der Waals surface area (Å²) in [4.78, 5) is 39.4. The van der Waals surface area contributed by atoms with Gasteiger partial charge in [0.2, 0.25) is 11.9 Å². The number of fused-ring (bicyclic) bond motifs is 3. The van der Waals surface area contributed by atoms with Crippen LogP contribution in [0, 0.1) is 0 Å². The number of ether oxygens (including phenoxy) is 1. The average molecular weight is 422 g/mol. The summed E-state index contributed by atoms with van der Waals surface area (Å²) in [6, 6.07) is 7.32. The highest BCUT2D eigenvalue weighted by Crippen LogP contribution is 2.40. The Labute approximate surface area is 176 Å². The SMILES string of the molecule is CC(=O)Nc1ccc(Nc2ncc3c(n2)-c2sc(N4CCOC4=O)nc2CC3)cc1. The lowest BCUT2D eigenvalue weighted by Gasteiger charge is -2.15. The van der Waals surface area contributed by atoms with Gasteiger partial charge in [-0.05, 0) is 42.7 Å². The average Bonchev–Trinajstić information content (AvgIpc) is 3.35. The number of rotatable bonds is 4. The maximum atomic E-state index is 11.9. The van der Waals surface area contributed by atoms with Crippen LogP contribution in [-0.4, -0.2) is 40.1 Å². The molecule has 1 fully saturated rings. The Morgan fingerprint density at radius 2 is 1.97 bits per heavy atom. The van der Waals surface area contributed by atoms with Crippen molar-refractivity contribution in [2.24, 2.45) is 0 Å². The second kappa shape index (κ2) is 7.38. The maximum absolute atomic E-state index is 11.9. The number of aromatic nitrogens is 3. The van der Waals surface area contributed by atoms with E-state index in [9.17, 15) is 9.59 Å². The van der Waals surface area contributed by atoms with Gasteiger partial charge in [-0.2, -0.15) is 0 Å². The van der Waals surface area contributed by atoms with Crippen molar-refractivity contribution in [2.45, 2.75) is 19.8 Å². The molecule has 2 aromatic heterocycles. The third-order valence-corrected chi connectivity index (χ3v) is 5.98. The molecule has 0 saturated carbocycles. The summed E-state index contributed by atoms with van der Waals surface area (Å²) in [5.74, 6) is 0.361. The molecule has 30 heavy (non-hydrogen) atoms. The Morgan fingerprint density at radius 3 is 2.70 bits per heavy atom. The Morgan fingerprint density at radius 1 is 1.17 bits per heavy atom. The van der Waals surface area contributed by atoms with Gasteiger partial charge in [-0.3, -0.25) is 4.79 Å². The Bertz CT molecular complexity index is 1140. The first-order valence-electron chi connectivity index (χ1n) is 9.52. The van der Waals surface area contributed by atoms with Gasteiger partial charge in [-0.15, -0.1) is 0 Å². The summed E-state index contributed by atoms with van der Waals surface area (Å²) in [7, 11) is 0. The highest BCUT2D eigenvalue weighted by molar-refractivity contribution is 7.19. The van der Waals surface area contributed by atoms with Crippen molar-refractivity contribution in [3.05, 3.63) is 41.7 Å². The quantitative estimate of drug-likeness (QED) is 0.663. The van der Waals surface area contributed by atoms with Crippen LogP contribution in [-0.2, 0) is 22.4 Å². The van der Waals surface area contributed by atoms with Gasteiger partial charge >= 0.3 is 6.09 Å². The van der Waals surface area contributed by atoms with E-state index in [2.05, 4.69) is 20.6 Å². The third kappa shape index (κ3) is 3.45. The summed E-state index contributed by atoms with van der Waals surface area (Å²) in [5.41, 5.74) is 4.39. The first kappa shape index (κ1) is 18.5. The smallest absolute Gasteiger partial charge is 0.416 e. The molecular formula is C20H18N6O3S. The first-order chi connectivity index (χ1) is 14.6. The van der Waals surface area contributed by atoms with Crippen molar-refractivity contribution in [3.8, 4) is 10.6 Å². The molecule has 2 aliphatic rings. The van der Waals surface area contributed by atoms with E-state index in [0.29, 0.717) is 24.2 Å². The number of nitrogens with zero attached hydrogens (tertiary/aromatic N) is 4. The molecule has 152 valence electrons. The predicted molar refractivity (Wildman–Crippen MR) is 113 cm³/mol. The minimum Gasteiger partial charge on any atom is -0.447 e. The molecule has 10 heteroatoms. The Kier molecular flexibility index (Phi) is 4.55. The molecule has 3 heterocycles. The van der Waals surface area contributed by atoms with Gasteiger partial charge in [0, 0.05) is 24.5 Å². The largest absolute Gasteiger partial charge is 0.447 e. The highest BCUT2D eigenvalue weighted by Gasteiger charge is 2.30. The lowest BCUT2D eigenvalue weighted by Crippen LogP contribution is -2.23. The van der Waals surface area contributed by atoms with Crippen LogP contribution in [0.25, 0.3) is 10.6 Å². The molecule has 1 aromatic carbocycles. The summed E-state index contributed by atoms with van der Waals surface area (Å²) < 4.78 is 5.03. The Balaban J connectivity index is 1.41. The fraction of sp³-hybridized carbons (Fsp3) is 0.250. The van der Waals surface area contributed by atoms with Crippen molar-refractivity contribution >= 4 is 45.8 Å². The summed E-state index contributed by atoms with van der Waals surface area (Å²) in [5, 5.41) is 6.59. The van der Waals surface area contributed by atoms with Gasteiger partial charge in [0.15, 0.2) is 5.13 Å². The number of aryl methyl sites for hydroxylation is 2. The molecule has 1 aliphatic carbocycles. The van der Waals surface area contributed by atoms with E-state index in [1.807, 2.05) is 30.5 Å². The number of cyclic esters (lactones) is 1. The zero-order valence-electron chi connectivity index (χ0n) is 16.1. The molecule has 2 amide bonds. The van der Waals surface area contributed by atoms with Crippen LogP contribution in [0.5, 0.6) is 0 Å². The first-order valence-corrected chi connectivity index (χ1v) is 10.3. The second-order valence-corrected chi connectivity index (χ2v) is 7.97. The minimum atomic E-state index is -0.353. The minimum absolute atomic E-state index is 0.115. The fourth-order valence-corrected chi connectivity index (χ4v) is 4.60. The van der Waals surface area contributed by atoms with E-state index in [1.54, 1.807) is 4.90 Å². The number of anilines is 4. The van der Waals surface area contributed by atoms with Crippen LogP contribution in [0.15, 0.2) is 30.5 Å².